The Morgan fingerprint density at radius 2 is 2.35 bits per heavy atom. The molecule has 2 heterocycles. The Morgan fingerprint density at radius 3 is 3.06 bits per heavy atom. The molecular formula is C12H13N3O2. The number of H-pyrrole nitrogens is 1. The van der Waals surface area contributed by atoms with Gasteiger partial charge >= 0.3 is 0 Å². The minimum Gasteiger partial charge on any atom is -0.396 e. The van der Waals surface area contributed by atoms with Crippen LogP contribution in [0.1, 0.15) is 16.1 Å². The number of carbonyl (C=O) groups excluding carboxylic acids is 1. The third-order valence-corrected chi connectivity index (χ3v) is 2.29. The summed E-state index contributed by atoms with van der Waals surface area (Å²) in [4.78, 5) is 18.8. The van der Waals surface area contributed by atoms with Crippen molar-refractivity contribution >= 4 is 11.7 Å². The van der Waals surface area contributed by atoms with Crippen molar-refractivity contribution in [1.29, 1.82) is 0 Å². The van der Waals surface area contributed by atoms with Crippen molar-refractivity contribution in [2.75, 3.05) is 11.9 Å². The van der Waals surface area contributed by atoms with E-state index in [4.69, 9.17) is 5.11 Å². The van der Waals surface area contributed by atoms with Crippen molar-refractivity contribution in [3.8, 4) is 0 Å². The van der Waals surface area contributed by atoms with Crippen LogP contribution in [0.3, 0.4) is 0 Å². The number of pyridine rings is 1. The topological polar surface area (TPSA) is 78.0 Å². The first-order chi connectivity index (χ1) is 8.29. The van der Waals surface area contributed by atoms with E-state index in [9.17, 15) is 4.79 Å². The fourth-order valence-corrected chi connectivity index (χ4v) is 1.47. The highest BCUT2D eigenvalue weighted by Gasteiger charge is 2.07. The zero-order valence-electron chi connectivity index (χ0n) is 9.18. The molecule has 17 heavy (non-hydrogen) atoms. The van der Waals surface area contributed by atoms with Gasteiger partial charge in [0.05, 0.1) is 0 Å². The lowest BCUT2D eigenvalue weighted by Gasteiger charge is -2.04. The molecule has 1 amide bonds. The van der Waals surface area contributed by atoms with Crippen LogP contribution in [-0.2, 0) is 6.42 Å². The lowest BCUT2D eigenvalue weighted by atomic mass is 10.2. The number of amides is 1. The molecule has 0 bridgehead atoms. The molecule has 5 nitrogen and oxygen atoms in total. The van der Waals surface area contributed by atoms with Crippen LogP contribution in [0.25, 0.3) is 0 Å². The van der Waals surface area contributed by atoms with Gasteiger partial charge < -0.3 is 15.4 Å². The number of hydrogen-bond acceptors (Lipinski definition) is 3. The van der Waals surface area contributed by atoms with Crippen molar-refractivity contribution < 1.29 is 9.90 Å². The number of carbonyl (C=O) groups is 1. The summed E-state index contributed by atoms with van der Waals surface area (Å²) in [5, 5.41) is 11.5. The molecule has 0 radical (unpaired) electrons. The molecular weight excluding hydrogens is 218 g/mol. The molecule has 0 aliphatic heterocycles. The predicted octanol–water partition coefficient (Wildman–Crippen LogP) is 1.20. The number of nitrogens with zero attached hydrogens (tertiary/aromatic N) is 1. The number of aromatic nitrogens is 2. The molecule has 3 N–H and O–H groups in total. The summed E-state index contributed by atoms with van der Waals surface area (Å²) in [6.45, 7) is 0.0225. The zero-order valence-corrected chi connectivity index (χ0v) is 9.18. The number of anilines is 1. The molecule has 2 aromatic heterocycles. The Hall–Kier alpha value is -2.14. The van der Waals surface area contributed by atoms with Gasteiger partial charge in [-0.25, -0.2) is 0 Å². The summed E-state index contributed by atoms with van der Waals surface area (Å²) in [6, 6.07) is 6.89. The summed E-state index contributed by atoms with van der Waals surface area (Å²) in [7, 11) is 0. The van der Waals surface area contributed by atoms with Crippen LogP contribution in [-0.4, -0.2) is 27.6 Å². The monoisotopic (exact) mass is 231 g/mol. The lowest BCUT2D eigenvalue weighted by Crippen LogP contribution is -2.12. The summed E-state index contributed by atoms with van der Waals surface area (Å²) < 4.78 is 0. The number of hydrogen-bond donors (Lipinski definition) is 3. The Labute approximate surface area is 98.5 Å². The van der Waals surface area contributed by atoms with E-state index in [0.717, 1.165) is 0 Å². The molecule has 0 unspecified atom stereocenters. The Balaban J connectivity index is 2.11. The Morgan fingerprint density at radius 1 is 1.47 bits per heavy atom. The molecule has 0 saturated carbocycles. The number of aliphatic hydroxyl groups excluding tert-OH is 1. The smallest absolute Gasteiger partial charge is 0.256 e. The van der Waals surface area contributed by atoms with Gasteiger partial charge in [-0.15, -0.1) is 0 Å². The van der Waals surface area contributed by atoms with Gasteiger partial charge in [0.1, 0.15) is 5.82 Å². The summed E-state index contributed by atoms with van der Waals surface area (Å²) >= 11 is 0. The van der Waals surface area contributed by atoms with Gasteiger partial charge in [-0.3, -0.25) is 9.78 Å². The maximum Gasteiger partial charge on any atom is 0.256 e. The van der Waals surface area contributed by atoms with E-state index in [1.54, 1.807) is 36.7 Å². The average Bonchev–Trinajstić information content (AvgIpc) is 2.83. The van der Waals surface area contributed by atoms with Gasteiger partial charge in [-0.1, -0.05) is 0 Å². The number of nitrogens with one attached hydrogen (secondary N) is 2. The van der Waals surface area contributed by atoms with Gasteiger partial charge in [0.2, 0.25) is 0 Å². The van der Waals surface area contributed by atoms with Crippen LogP contribution in [0.15, 0.2) is 36.7 Å². The van der Waals surface area contributed by atoms with Gasteiger partial charge in [-0.05, 0) is 24.3 Å². The third-order valence-electron chi connectivity index (χ3n) is 2.29. The molecule has 2 rings (SSSR count). The molecule has 0 aliphatic carbocycles. The van der Waals surface area contributed by atoms with Crippen LogP contribution < -0.4 is 5.32 Å². The number of aliphatic hydroxyl groups is 1. The van der Waals surface area contributed by atoms with E-state index in [0.29, 0.717) is 23.5 Å². The standard InChI is InChI=1S/C12H13N3O2/c16-7-4-10-8-9(3-6-13-10)12(17)15-11-2-1-5-14-11/h1-3,5-6,8,14,16H,4,7H2,(H,15,17). The molecule has 0 aromatic carbocycles. The average molecular weight is 231 g/mol. The highest BCUT2D eigenvalue weighted by molar-refractivity contribution is 6.03. The first-order valence-corrected chi connectivity index (χ1v) is 5.30. The van der Waals surface area contributed by atoms with E-state index < -0.39 is 0 Å². The highest BCUT2D eigenvalue weighted by Crippen LogP contribution is 2.07. The molecule has 5 heteroatoms. The Kier molecular flexibility index (Phi) is 3.52. The second-order valence-electron chi connectivity index (χ2n) is 3.55. The summed E-state index contributed by atoms with van der Waals surface area (Å²) in [5.74, 6) is 0.449. The normalized spacial score (nSPS) is 10.2. The van der Waals surface area contributed by atoms with Crippen molar-refractivity contribution in [2.24, 2.45) is 0 Å². The van der Waals surface area contributed by atoms with Crippen LogP contribution in [0.5, 0.6) is 0 Å². The Bertz CT molecular complexity index is 494. The number of aromatic amines is 1. The van der Waals surface area contributed by atoms with Crippen molar-refractivity contribution in [3.63, 3.8) is 0 Å². The van der Waals surface area contributed by atoms with E-state index in [2.05, 4.69) is 15.3 Å². The minimum atomic E-state index is -0.200. The first kappa shape index (κ1) is 11.3. The van der Waals surface area contributed by atoms with E-state index in [-0.39, 0.29) is 12.5 Å². The minimum absolute atomic E-state index is 0.0225. The second-order valence-corrected chi connectivity index (χ2v) is 3.55. The van der Waals surface area contributed by atoms with Gasteiger partial charge in [-0.2, -0.15) is 0 Å². The van der Waals surface area contributed by atoms with E-state index in [1.165, 1.54) is 0 Å². The predicted molar refractivity (Wildman–Crippen MR) is 63.8 cm³/mol. The van der Waals surface area contributed by atoms with Gasteiger partial charge in [0.25, 0.3) is 5.91 Å². The second kappa shape index (κ2) is 5.27. The van der Waals surface area contributed by atoms with Crippen LogP contribution in [0.2, 0.25) is 0 Å². The molecule has 0 spiro atoms. The third kappa shape index (κ3) is 2.92. The SMILES string of the molecule is O=C(Nc1ccc[nH]1)c1ccnc(CCO)c1. The van der Waals surface area contributed by atoms with Crippen LogP contribution in [0, 0.1) is 0 Å². The maximum atomic E-state index is 11.8. The van der Waals surface area contributed by atoms with Crippen molar-refractivity contribution in [1.82, 2.24) is 9.97 Å². The quantitative estimate of drug-likeness (QED) is 0.739. The first-order valence-electron chi connectivity index (χ1n) is 5.30. The zero-order chi connectivity index (χ0) is 12.1. The van der Waals surface area contributed by atoms with E-state index in [1.807, 2.05) is 0 Å². The van der Waals surface area contributed by atoms with E-state index >= 15 is 0 Å². The largest absolute Gasteiger partial charge is 0.396 e. The molecule has 88 valence electrons. The fourth-order valence-electron chi connectivity index (χ4n) is 1.47. The molecule has 0 atom stereocenters. The maximum absolute atomic E-state index is 11.8. The van der Waals surface area contributed by atoms with Gasteiger partial charge in [0, 0.05) is 36.7 Å². The molecule has 0 saturated heterocycles. The number of rotatable bonds is 4. The van der Waals surface area contributed by atoms with Crippen molar-refractivity contribution in [3.05, 3.63) is 47.9 Å². The fraction of sp³-hybridized carbons (Fsp3) is 0.167. The molecule has 0 aliphatic rings. The molecule has 0 fully saturated rings. The van der Waals surface area contributed by atoms with Crippen LogP contribution >= 0.6 is 0 Å². The molecule has 2 aromatic rings. The summed E-state index contributed by atoms with van der Waals surface area (Å²) in [5.41, 5.74) is 1.23. The lowest BCUT2D eigenvalue weighted by molar-refractivity contribution is 0.102. The van der Waals surface area contributed by atoms with Crippen LogP contribution in [0.4, 0.5) is 5.82 Å². The van der Waals surface area contributed by atoms with Crippen molar-refractivity contribution in [2.45, 2.75) is 6.42 Å². The highest BCUT2D eigenvalue weighted by atomic mass is 16.3. The summed E-state index contributed by atoms with van der Waals surface area (Å²) in [6.07, 6.45) is 3.75. The van der Waals surface area contributed by atoms with Gasteiger partial charge in [0.15, 0.2) is 0 Å².